The average Bonchev–Trinajstić information content (AvgIpc) is 2.59. The van der Waals surface area contributed by atoms with E-state index < -0.39 is 11.6 Å². The van der Waals surface area contributed by atoms with E-state index >= 15 is 0 Å². The molecule has 7 heteroatoms. The summed E-state index contributed by atoms with van der Waals surface area (Å²) >= 11 is 0. The summed E-state index contributed by atoms with van der Waals surface area (Å²) in [6, 6.07) is 9.59. The summed E-state index contributed by atoms with van der Waals surface area (Å²) in [4.78, 5) is 23.6. The lowest BCUT2D eigenvalue weighted by atomic mass is 10.1. The van der Waals surface area contributed by atoms with E-state index in [0.717, 1.165) is 6.07 Å². The summed E-state index contributed by atoms with van der Waals surface area (Å²) in [5.41, 5.74) is 1.27. The second kappa shape index (κ2) is 8.34. The van der Waals surface area contributed by atoms with Crippen LogP contribution in [0.5, 0.6) is 0 Å². The zero-order valence-electron chi connectivity index (χ0n) is 14.0. The van der Waals surface area contributed by atoms with Gasteiger partial charge in [-0.05, 0) is 37.3 Å². The Bertz CT molecular complexity index is 781. The van der Waals surface area contributed by atoms with Crippen LogP contribution < -0.4 is 16.0 Å². The molecule has 4 N–H and O–H groups in total. The van der Waals surface area contributed by atoms with Crippen molar-refractivity contribution in [2.45, 2.75) is 13.0 Å². The molecule has 2 amide bonds. The fraction of sp³-hybridized carbons (Fsp3) is 0.222. The maximum atomic E-state index is 13.7. The van der Waals surface area contributed by atoms with Crippen molar-refractivity contribution >= 4 is 17.5 Å². The minimum Gasteiger partial charge on any atom is -0.355 e. The van der Waals surface area contributed by atoms with Gasteiger partial charge in [-0.15, -0.1) is 0 Å². The van der Waals surface area contributed by atoms with Crippen LogP contribution in [-0.2, 0) is 4.79 Å². The number of quaternary nitrogens is 1. The van der Waals surface area contributed by atoms with E-state index in [9.17, 15) is 18.4 Å². The zero-order valence-corrected chi connectivity index (χ0v) is 14.0. The summed E-state index contributed by atoms with van der Waals surface area (Å²) in [6.45, 7) is 1.79. The highest BCUT2D eigenvalue weighted by Gasteiger charge is 2.16. The van der Waals surface area contributed by atoms with Gasteiger partial charge in [0, 0.05) is 29.9 Å². The van der Waals surface area contributed by atoms with Gasteiger partial charge >= 0.3 is 0 Å². The lowest BCUT2D eigenvalue weighted by Gasteiger charge is -2.12. The van der Waals surface area contributed by atoms with Gasteiger partial charge in [-0.3, -0.25) is 9.59 Å². The van der Waals surface area contributed by atoms with E-state index in [1.807, 2.05) is 0 Å². The van der Waals surface area contributed by atoms with Crippen molar-refractivity contribution in [3.05, 3.63) is 65.2 Å². The van der Waals surface area contributed by atoms with Gasteiger partial charge in [-0.2, -0.15) is 0 Å². The number of carbonyl (C=O) groups is 2. The van der Waals surface area contributed by atoms with Gasteiger partial charge < -0.3 is 16.0 Å². The van der Waals surface area contributed by atoms with Gasteiger partial charge in [-0.25, -0.2) is 8.78 Å². The Labute approximate surface area is 144 Å². The van der Waals surface area contributed by atoms with E-state index in [1.165, 1.54) is 19.2 Å². The molecule has 0 unspecified atom stereocenters. The Morgan fingerprint density at radius 2 is 1.92 bits per heavy atom. The predicted octanol–water partition coefficient (Wildman–Crippen LogP) is 1.59. The molecule has 5 nitrogen and oxygen atoms in total. The zero-order chi connectivity index (χ0) is 18.4. The topological polar surface area (TPSA) is 74.8 Å². The fourth-order valence-corrected chi connectivity index (χ4v) is 2.38. The minimum absolute atomic E-state index is 0.0577. The average molecular weight is 348 g/mol. The Kier molecular flexibility index (Phi) is 6.19. The van der Waals surface area contributed by atoms with Crippen LogP contribution in [0.3, 0.4) is 0 Å². The maximum Gasteiger partial charge on any atom is 0.279 e. The number of nitrogens with two attached hydrogens (primary N) is 1. The van der Waals surface area contributed by atoms with Crippen molar-refractivity contribution in [1.82, 2.24) is 5.32 Å². The van der Waals surface area contributed by atoms with E-state index in [4.69, 9.17) is 0 Å². The van der Waals surface area contributed by atoms with Gasteiger partial charge in [0.25, 0.3) is 11.8 Å². The Morgan fingerprint density at radius 3 is 2.60 bits per heavy atom. The van der Waals surface area contributed by atoms with Crippen LogP contribution in [0.25, 0.3) is 0 Å². The molecule has 0 saturated heterocycles. The standard InChI is InChI=1S/C18H19F2N3O2/c1-11(15-7-6-13(19)9-16(15)20)22-10-17(24)23-14-5-3-4-12(8-14)18(25)21-2/h3-9,11,22H,10H2,1-2H3,(H,21,25)(H,23,24)/p+1/t11-/m0/s1. The lowest BCUT2D eigenvalue weighted by Crippen LogP contribution is -2.86. The van der Waals surface area contributed by atoms with Gasteiger partial charge in [-0.1, -0.05) is 6.07 Å². The van der Waals surface area contributed by atoms with Crippen LogP contribution in [0.15, 0.2) is 42.5 Å². The number of carbonyl (C=O) groups excluding carboxylic acids is 2. The number of hydrogen-bond donors (Lipinski definition) is 3. The van der Waals surface area contributed by atoms with Crippen molar-refractivity contribution in [2.24, 2.45) is 0 Å². The molecule has 0 aliphatic rings. The molecule has 1 atom stereocenters. The summed E-state index contributed by atoms with van der Waals surface area (Å²) < 4.78 is 26.7. The van der Waals surface area contributed by atoms with E-state index in [0.29, 0.717) is 16.8 Å². The largest absolute Gasteiger partial charge is 0.355 e. The van der Waals surface area contributed by atoms with Crippen LogP contribution in [0.4, 0.5) is 14.5 Å². The van der Waals surface area contributed by atoms with Crippen LogP contribution in [-0.4, -0.2) is 25.4 Å². The Hall–Kier alpha value is -2.80. The highest BCUT2D eigenvalue weighted by atomic mass is 19.1. The van der Waals surface area contributed by atoms with Crippen molar-refractivity contribution in [1.29, 1.82) is 0 Å². The maximum absolute atomic E-state index is 13.7. The van der Waals surface area contributed by atoms with Gasteiger partial charge in [0.15, 0.2) is 6.54 Å². The summed E-state index contributed by atoms with van der Waals surface area (Å²) in [6.07, 6.45) is 0. The molecular weight excluding hydrogens is 328 g/mol. The Balaban J connectivity index is 1.93. The highest BCUT2D eigenvalue weighted by Crippen LogP contribution is 2.14. The molecule has 0 heterocycles. The van der Waals surface area contributed by atoms with Gasteiger partial charge in [0.05, 0.1) is 0 Å². The van der Waals surface area contributed by atoms with Crippen LogP contribution in [0.1, 0.15) is 28.9 Å². The third-order valence-corrected chi connectivity index (χ3v) is 3.75. The molecule has 0 aromatic heterocycles. The van der Waals surface area contributed by atoms with E-state index in [-0.39, 0.29) is 24.4 Å². The summed E-state index contributed by atoms with van der Waals surface area (Å²) in [5.74, 6) is -1.81. The van der Waals surface area contributed by atoms with E-state index in [1.54, 1.807) is 36.5 Å². The summed E-state index contributed by atoms with van der Waals surface area (Å²) in [5, 5.41) is 6.84. The number of amides is 2. The minimum atomic E-state index is -0.637. The molecule has 2 rings (SSSR count). The van der Waals surface area contributed by atoms with Crippen LogP contribution in [0, 0.1) is 11.6 Å². The third kappa shape index (κ3) is 5.09. The quantitative estimate of drug-likeness (QED) is 0.742. The predicted molar refractivity (Wildman–Crippen MR) is 90.0 cm³/mol. The molecule has 0 saturated carbocycles. The number of halogens is 2. The monoisotopic (exact) mass is 348 g/mol. The molecular formula is C18H20F2N3O2+. The smallest absolute Gasteiger partial charge is 0.279 e. The Morgan fingerprint density at radius 1 is 1.16 bits per heavy atom. The molecule has 2 aromatic rings. The molecule has 0 spiro atoms. The van der Waals surface area contributed by atoms with Gasteiger partial charge in [0.2, 0.25) is 0 Å². The van der Waals surface area contributed by atoms with Crippen molar-refractivity contribution < 1.29 is 23.7 Å². The van der Waals surface area contributed by atoms with Crippen molar-refractivity contribution in [2.75, 3.05) is 18.9 Å². The molecule has 0 aliphatic carbocycles. The lowest BCUT2D eigenvalue weighted by molar-refractivity contribution is -0.682. The second-order valence-electron chi connectivity index (χ2n) is 5.60. The fourth-order valence-electron chi connectivity index (χ4n) is 2.38. The molecule has 0 aliphatic heterocycles. The third-order valence-electron chi connectivity index (χ3n) is 3.75. The number of benzene rings is 2. The number of nitrogens with one attached hydrogen (secondary N) is 2. The first-order valence-electron chi connectivity index (χ1n) is 7.81. The van der Waals surface area contributed by atoms with E-state index in [2.05, 4.69) is 10.6 Å². The first-order chi connectivity index (χ1) is 11.9. The SMILES string of the molecule is CNC(=O)c1cccc(NC(=O)C[NH2+][C@@H](C)c2ccc(F)cc2F)c1. The number of rotatable bonds is 6. The van der Waals surface area contributed by atoms with Crippen LogP contribution >= 0.6 is 0 Å². The first-order valence-corrected chi connectivity index (χ1v) is 7.81. The first kappa shape index (κ1) is 18.5. The highest BCUT2D eigenvalue weighted by molar-refractivity contribution is 5.97. The molecule has 0 fully saturated rings. The van der Waals surface area contributed by atoms with Crippen molar-refractivity contribution in [3.63, 3.8) is 0 Å². The second-order valence-corrected chi connectivity index (χ2v) is 5.60. The molecule has 25 heavy (non-hydrogen) atoms. The molecule has 0 bridgehead atoms. The van der Waals surface area contributed by atoms with Gasteiger partial charge in [0.1, 0.15) is 17.7 Å². The summed E-state index contributed by atoms with van der Waals surface area (Å²) in [7, 11) is 1.53. The molecule has 0 radical (unpaired) electrons. The van der Waals surface area contributed by atoms with Crippen LogP contribution in [0.2, 0.25) is 0 Å². The normalized spacial score (nSPS) is 11.7. The molecule has 2 aromatic carbocycles. The number of hydrogen-bond acceptors (Lipinski definition) is 2. The van der Waals surface area contributed by atoms with Crippen molar-refractivity contribution in [3.8, 4) is 0 Å². The molecule has 132 valence electrons. The number of anilines is 1.